The Morgan fingerprint density at radius 2 is 2.07 bits per heavy atom. The first kappa shape index (κ1) is 7.94. The summed E-state index contributed by atoms with van der Waals surface area (Å²) in [6, 6.07) is 8.21. The number of hydrogen-bond donors (Lipinski definition) is 2. The summed E-state index contributed by atoms with van der Waals surface area (Å²) < 4.78 is 0. The molecule has 0 atom stereocenters. The minimum absolute atomic E-state index is 0.940. The number of aromatic nitrogens is 3. The van der Waals surface area contributed by atoms with Crippen molar-refractivity contribution < 1.29 is 0 Å². The number of thioether (sulfide) groups is 1. The van der Waals surface area contributed by atoms with E-state index >= 15 is 0 Å². The van der Waals surface area contributed by atoms with Crippen molar-refractivity contribution in [2.75, 3.05) is 6.26 Å². The lowest BCUT2D eigenvalue weighted by Crippen LogP contribution is -1.73. The van der Waals surface area contributed by atoms with Crippen molar-refractivity contribution in [2.24, 2.45) is 0 Å². The number of imidazole rings is 1. The predicted octanol–water partition coefficient (Wildman–Crippen LogP) is 2.77. The standard InChI is InChI=1S/C10H9N3S/c1-14-10-12-8-6-4-2-3-5-7(6)11-9(8)13-10/h2-5,11H,1H3,(H,12,13). The molecule has 0 saturated carbocycles. The fraction of sp³-hybridized carbons (Fsp3) is 0.100. The zero-order valence-electron chi connectivity index (χ0n) is 7.66. The van der Waals surface area contributed by atoms with Gasteiger partial charge in [0.05, 0.1) is 5.52 Å². The molecule has 4 heteroatoms. The number of benzene rings is 1. The van der Waals surface area contributed by atoms with Crippen molar-refractivity contribution in [3.63, 3.8) is 0 Å². The minimum atomic E-state index is 0.940. The molecule has 0 spiro atoms. The quantitative estimate of drug-likeness (QED) is 0.597. The molecular weight excluding hydrogens is 194 g/mol. The van der Waals surface area contributed by atoms with Crippen molar-refractivity contribution in [1.82, 2.24) is 15.0 Å². The van der Waals surface area contributed by atoms with E-state index in [1.807, 2.05) is 18.4 Å². The molecule has 1 aromatic carbocycles. The second kappa shape index (κ2) is 2.78. The average Bonchev–Trinajstić information content (AvgIpc) is 2.73. The second-order valence-electron chi connectivity index (χ2n) is 3.14. The van der Waals surface area contributed by atoms with Crippen molar-refractivity contribution in [3.8, 4) is 0 Å². The Kier molecular flexibility index (Phi) is 1.58. The van der Waals surface area contributed by atoms with Crippen molar-refractivity contribution >= 4 is 33.8 Å². The zero-order chi connectivity index (χ0) is 9.54. The third kappa shape index (κ3) is 0.974. The van der Waals surface area contributed by atoms with E-state index in [0.29, 0.717) is 0 Å². The number of nitrogens with one attached hydrogen (secondary N) is 2. The van der Waals surface area contributed by atoms with Crippen LogP contribution in [0.3, 0.4) is 0 Å². The fourth-order valence-corrected chi connectivity index (χ4v) is 2.06. The van der Waals surface area contributed by atoms with E-state index in [1.165, 1.54) is 5.39 Å². The molecular formula is C10H9N3S. The Bertz CT molecular complexity index is 593. The highest BCUT2D eigenvalue weighted by molar-refractivity contribution is 7.98. The van der Waals surface area contributed by atoms with Crippen molar-refractivity contribution in [3.05, 3.63) is 24.3 Å². The molecule has 2 N–H and O–H groups in total. The minimum Gasteiger partial charge on any atom is -0.338 e. The molecule has 2 heterocycles. The second-order valence-corrected chi connectivity index (χ2v) is 3.94. The van der Waals surface area contributed by atoms with Gasteiger partial charge in [0.25, 0.3) is 0 Å². The molecule has 0 radical (unpaired) electrons. The molecule has 0 amide bonds. The van der Waals surface area contributed by atoms with Gasteiger partial charge in [0.1, 0.15) is 0 Å². The van der Waals surface area contributed by atoms with Gasteiger partial charge >= 0.3 is 0 Å². The van der Waals surface area contributed by atoms with Gasteiger partial charge < -0.3 is 9.97 Å². The van der Waals surface area contributed by atoms with E-state index in [1.54, 1.807) is 11.8 Å². The van der Waals surface area contributed by atoms with Gasteiger partial charge in [-0.15, -0.1) is 0 Å². The van der Waals surface area contributed by atoms with Crippen LogP contribution >= 0.6 is 11.8 Å². The largest absolute Gasteiger partial charge is 0.338 e. The van der Waals surface area contributed by atoms with E-state index in [2.05, 4.69) is 27.1 Å². The van der Waals surface area contributed by atoms with Crippen LogP contribution < -0.4 is 0 Å². The van der Waals surface area contributed by atoms with E-state index in [4.69, 9.17) is 0 Å². The van der Waals surface area contributed by atoms with E-state index in [9.17, 15) is 0 Å². The summed E-state index contributed by atoms with van der Waals surface area (Å²) in [4.78, 5) is 11.0. The van der Waals surface area contributed by atoms with Gasteiger partial charge in [0.15, 0.2) is 10.8 Å². The first-order chi connectivity index (χ1) is 6.88. The van der Waals surface area contributed by atoms with Crippen LogP contribution in [0, 0.1) is 0 Å². The van der Waals surface area contributed by atoms with Crippen molar-refractivity contribution in [2.45, 2.75) is 5.16 Å². The van der Waals surface area contributed by atoms with Crippen molar-refractivity contribution in [1.29, 1.82) is 0 Å². The van der Waals surface area contributed by atoms with Crippen LogP contribution in [-0.4, -0.2) is 21.2 Å². The number of hydrogen-bond acceptors (Lipinski definition) is 2. The Morgan fingerprint density at radius 3 is 2.93 bits per heavy atom. The average molecular weight is 203 g/mol. The molecule has 0 fully saturated rings. The summed E-state index contributed by atoms with van der Waals surface area (Å²) in [6.45, 7) is 0. The Morgan fingerprint density at radius 1 is 1.21 bits per heavy atom. The summed E-state index contributed by atoms with van der Waals surface area (Å²) in [7, 11) is 0. The van der Waals surface area contributed by atoms with Crippen LogP contribution in [-0.2, 0) is 0 Å². The maximum Gasteiger partial charge on any atom is 0.167 e. The maximum atomic E-state index is 4.42. The van der Waals surface area contributed by atoms with Gasteiger partial charge in [-0.1, -0.05) is 30.0 Å². The Hall–Kier alpha value is -1.42. The monoisotopic (exact) mass is 203 g/mol. The lowest BCUT2D eigenvalue weighted by Gasteiger charge is -1.88. The van der Waals surface area contributed by atoms with Crippen LogP contribution in [0.2, 0.25) is 0 Å². The molecule has 70 valence electrons. The van der Waals surface area contributed by atoms with Gasteiger partial charge in [-0.3, -0.25) is 0 Å². The normalized spacial score (nSPS) is 11.5. The molecule has 0 aliphatic carbocycles. The van der Waals surface area contributed by atoms with Crippen LogP contribution in [0.5, 0.6) is 0 Å². The van der Waals surface area contributed by atoms with Crippen LogP contribution in [0.15, 0.2) is 29.4 Å². The maximum absolute atomic E-state index is 4.42. The van der Waals surface area contributed by atoms with Gasteiger partial charge in [0, 0.05) is 10.9 Å². The van der Waals surface area contributed by atoms with E-state index in [0.717, 1.165) is 21.8 Å². The summed E-state index contributed by atoms with van der Waals surface area (Å²) in [6.07, 6.45) is 2.01. The van der Waals surface area contributed by atoms with E-state index < -0.39 is 0 Å². The van der Waals surface area contributed by atoms with Gasteiger partial charge in [-0.2, -0.15) is 0 Å². The number of rotatable bonds is 1. The zero-order valence-corrected chi connectivity index (χ0v) is 8.48. The summed E-state index contributed by atoms with van der Waals surface area (Å²) >= 11 is 1.62. The summed E-state index contributed by atoms with van der Waals surface area (Å²) in [5, 5.41) is 2.16. The number of fused-ring (bicyclic) bond motifs is 3. The molecule has 0 bridgehead atoms. The topological polar surface area (TPSA) is 44.5 Å². The third-order valence-corrected chi connectivity index (χ3v) is 2.90. The molecule has 0 aliphatic rings. The fourth-order valence-electron chi connectivity index (χ4n) is 1.67. The van der Waals surface area contributed by atoms with Gasteiger partial charge in [-0.25, -0.2) is 4.98 Å². The molecule has 14 heavy (non-hydrogen) atoms. The third-order valence-electron chi connectivity index (χ3n) is 2.32. The molecule has 0 unspecified atom stereocenters. The smallest absolute Gasteiger partial charge is 0.167 e. The first-order valence-corrected chi connectivity index (χ1v) is 5.61. The number of nitrogens with zero attached hydrogens (tertiary/aromatic N) is 1. The Labute approximate surface area is 84.9 Å². The van der Waals surface area contributed by atoms with Gasteiger partial charge in [0.2, 0.25) is 0 Å². The van der Waals surface area contributed by atoms with Gasteiger partial charge in [-0.05, 0) is 12.3 Å². The highest BCUT2D eigenvalue weighted by Gasteiger charge is 2.07. The molecule has 3 aromatic rings. The van der Waals surface area contributed by atoms with E-state index in [-0.39, 0.29) is 0 Å². The number of H-pyrrole nitrogens is 2. The molecule has 2 aromatic heterocycles. The lowest BCUT2D eigenvalue weighted by molar-refractivity contribution is 1.08. The highest BCUT2D eigenvalue weighted by atomic mass is 32.2. The molecule has 0 saturated heterocycles. The molecule has 0 aliphatic heterocycles. The SMILES string of the molecule is CSc1nc2[nH]c3ccccc3c2[nH]1. The first-order valence-electron chi connectivity index (χ1n) is 4.39. The predicted molar refractivity (Wildman–Crippen MR) is 59.7 cm³/mol. The molecule has 3 rings (SSSR count). The Balaban J connectivity index is 2.45. The lowest BCUT2D eigenvalue weighted by atomic mass is 10.2. The summed E-state index contributed by atoms with van der Waals surface area (Å²) in [5.41, 5.74) is 3.18. The number of aromatic amines is 2. The highest BCUT2D eigenvalue weighted by Crippen LogP contribution is 2.25. The van der Waals surface area contributed by atoms with Crippen LogP contribution in [0.25, 0.3) is 22.1 Å². The summed E-state index contributed by atoms with van der Waals surface area (Å²) in [5.74, 6) is 0. The molecule has 3 nitrogen and oxygen atoms in total. The van der Waals surface area contributed by atoms with Crippen LogP contribution in [0.1, 0.15) is 0 Å². The van der Waals surface area contributed by atoms with Crippen LogP contribution in [0.4, 0.5) is 0 Å². The number of para-hydroxylation sites is 1.